The topological polar surface area (TPSA) is 80.3 Å². The van der Waals surface area contributed by atoms with Crippen LogP contribution in [0.3, 0.4) is 0 Å². The Kier molecular flexibility index (Phi) is 6.32. The first-order valence-corrected chi connectivity index (χ1v) is 5.48. The van der Waals surface area contributed by atoms with E-state index >= 15 is 0 Å². The van der Waals surface area contributed by atoms with Crippen LogP contribution in [-0.4, -0.2) is 21.6 Å². The van der Waals surface area contributed by atoms with Crippen molar-refractivity contribution in [3.05, 3.63) is 0 Å². The summed E-state index contributed by atoms with van der Waals surface area (Å²) in [4.78, 5) is 19.0. The minimum Gasteiger partial charge on any atom is -0.549 e. The van der Waals surface area contributed by atoms with E-state index in [2.05, 4.69) is 31.9 Å². The molecule has 4 nitrogen and oxygen atoms in total. The highest BCUT2D eigenvalue weighted by Crippen LogP contribution is 2.13. The molecule has 0 heterocycles. The molecule has 0 saturated carbocycles. The summed E-state index contributed by atoms with van der Waals surface area (Å²) < 4.78 is 0. The van der Waals surface area contributed by atoms with E-state index in [0.29, 0.717) is 19.3 Å². The zero-order valence-electron chi connectivity index (χ0n) is 6.66. The summed E-state index contributed by atoms with van der Waals surface area (Å²) in [6.07, 6.45) is 1.17. The number of hydrogen-bond donors (Lipinski definition) is 0. The number of carbonyl (C=O) groups excluding carboxylic acids is 2. The highest BCUT2D eigenvalue weighted by molar-refractivity contribution is 9.10. The van der Waals surface area contributed by atoms with Crippen LogP contribution in [0, 0.1) is 0 Å². The number of alkyl halides is 2. The van der Waals surface area contributed by atoms with Gasteiger partial charge in [-0.2, -0.15) is 0 Å². The third-order valence-corrected chi connectivity index (χ3v) is 3.09. The Balaban J connectivity index is 3.56. The minimum atomic E-state index is -1.18. The maximum absolute atomic E-state index is 10.2. The lowest BCUT2D eigenvalue weighted by atomic mass is 10.1. The summed E-state index contributed by atoms with van der Waals surface area (Å²) in [5.74, 6) is -2.36. The molecular weight excluding hydrogens is 308 g/mol. The standard InChI is InChI=1S/C7H10Br2O4/c8-4(6(10)11)2-1-3-5(9)7(12)13/h4-5H,1-3H2,(H,10,11)(H,12,13)/p-2. The molecule has 0 N–H and O–H groups in total. The van der Waals surface area contributed by atoms with Crippen LogP contribution in [0.25, 0.3) is 0 Å². The number of carbonyl (C=O) groups is 2. The molecule has 0 amide bonds. The maximum Gasteiger partial charge on any atom is 0.0551 e. The lowest BCUT2D eigenvalue weighted by Crippen LogP contribution is -2.33. The van der Waals surface area contributed by atoms with E-state index < -0.39 is 21.6 Å². The molecule has 0 aliphatic rings. The van der Waals surface area contributed by atoms with E-state index in [1.807, 2.05) is 0 Å². The van der Waals surface area contributed by atoms with Crippen molar-refractivity contribution >= 4 is 43.8 Å². The fraction of sp³-hybridized carbons (Fsp3) is 0.714. The maximum atomic E-state index is 10.2. The Bertz CT molecular complexity index is 175. The largest absolute Gasteiger partial charge is 0.549 e. The van der Waals surface area contributed by atoms with Crippen LogP contribution in [0.15, 0.2) is 0 Å². The first-order valence-electron chi connectivity index (χ1n) is 3.65. The van der Waals surface area contributed by atoms with Gasteiger partial charge in [0.15, 0.2) is 0 Å². The van der Waals surface area contributed by atoms with Gasteiger partial charge >= 0.3 is 0 Å². The van der Waals surface area contributed by atoms with Crippen molar-refractivity contribution in [1.82, 2.24) is 0 Å². The molecule has 13 heavy (non-hydrogen) atoms. The second kappa shape index (κ2) is 6.37. The molecule has 0 rings (SSSR count). The molecule has 2 atom stereocenters. The molecule has 0 saturated heterocycles. The van der Waals surface area contributed by atoms with Crippen LogP contribution in [0.1, 0.15) is 19.3 Å². The van der Waals surface area contributed by atoms with Crippen molar-refractivity contribution in [2.45, 2.75) is 28.9 Å². The Morgan fingerprint density at radius 1 is 1.00 bits per heavy atom. The Labute approximate surface area is 92.6 Å². The number of rotatable bonds is 6. The lowest BCUT2D eigenvalue weighted by molar-refractivity contribution is -0.305. The van der Waals surface area contributed by atoms with Crippen molar-refractivity contribution in [3.8, 4) is 0 Å². The molecule has 0 aliphatic heterocycles. The van der Waals surface area contributed by atoms with Crippen LogP contribution in [0.2, 0.25) is 0 Å². The summed E-state index contributed by atoms with van der Waals surface area (Å²) in [7, 11) is 0. The van der Waals surface area contributed by atoms with Crippen LogP contribution in [0.4, 0.5) is 0 Å². The summed E-state index contributed by atoms with van der Waals surface area (Å²) >= 11 is 5.78. The highest BCUT2D eigenvalue weighted by Gasteiger charge is 2.08. The molecule has 0 aliphatic carbocycles. The second-order valence-electron chi connectivity index (χ2n) is 2.50. The Hall–Kier alpha value is -0.100. The quantitative estimate of drug-likeness (QED) is 0.600. The third-order valence-electron chi connectivity index (χ3n) is 1.43. The molecule has 0 aromatic rings. The first-order chi connectivity index (χ1) is 5.95. The van der Waals surface area contributed by atoms with Gasteiger partial charge in [-0.15, -0.1) is 0 Å². The summed E-state index contributed by atoms with van der Waals surface area (Å²) in [5, 5.41) is 20.4. The van der Waals surface area contributed by atoms with Gasteiger partial charge in [-0.3, -0.25) is 0 Å². The average Bonchev–Trinajstić information content (AvgIpc) is 2.03. The van der Waals surface area contributed by atoms with Gasteiger partial charge in [0, 0.05) is 0 Å². The zero-order valence-corrected chi connectivity index (χ0v) is 9.84. The average molecular weight is 316 g/mol. The van der Waals surface area contributed by atoms with E-state index in [-0.39, 0.29) is 0 Å². The molecular formula is C7H8Br2O4-2. The predicted molar refractivity (Wildman–Crippen MR) is 49.3 cm³/mol. The van der Waals surface area contributed by atoms with E-state index in [0.717, 1.165) is 0 Å². The van der Waals surface area contributed by atoms with Crippen molar-refractivity contribution in [2.24, 2.45) is 0 Å². The van der Waals surface area contributed by atoms with E-state index in [9.17, 15) is 19.8 Å². The Morgan fingerprint density at radius 3 is 1.54 bits per heavy atom. The third kappa shape index (κ3) is 6.04. The molecule has 0 bridgehead atoms. The fourth-order valence-electron chi connectivity index (χ4n) is 0.712. The molecule has 0 fully saturated rings. The van der Waals surface area contributed by atoms with Gasteiger partial charge in [-0.1, -0.05) is 38.3 Å². The molecule has 0 aromatic heterocycles. The van der Waals surface area contributed by atoms with Crippen LogP contribution in [-0.2, 0) is 9.59 Å². The minimum absolute atomic E-state index is 0.345. The lowest BCUT2D eigenvalue weighted by Gasteiger charge is -2.13. The van der Waals surface area contributed by atoms with Crippen molar-refractivity contribution in [2.75, 3.05) is 0 Å². The van der Waals surface area contributed by atoms with E-state index in [1.165, 1.54) is 0 Å². The van der Waals surface area contributed by atoms with Gasteiger partial charge in [-0.05, 0) is 12.8 Å². The number of aliphatic carboxylic acids is 2. The second-order valence-corrected chi connectivity index (χ2v) is 4.71. The first kappa shape index (κ1) is 12.9. The normalized spacial score (nSPS) is 14.9. The van der Waals surface area contributed by atoms with Crippen LogP contribution in [0.5, 0.6) is 0 Å². The number of carboxylic acids is 2. The zero-order chi connectivity index (χ0) is 10.4. The van der Waals surface area contributed by atoms with Gasteiger partial charge in [0.2, 0.25) is 0 Å². The van der Waals surface area contributed by atoms with Crippen molar-refractivity contribution in [1.29, 1.82) is 0 Å². The molecule has 0 radical (unpaired) electrons. The molecule has 2 unspecified atom stereocenters. The number of halogens is 2. The van der Waals surface area contributed by atoms with Gasteiger partial charge in [-0.25, -0.2) is 0 Å². The van der Waals surface area contributed by atoms with Gasteiger partial charge < -0.3 is 19.8 Å². The van der Waals surface area contributed by atoms with Crippen molar-refractivity contribution in [3.63, 3.8) is 0 Å². The summed E-state index contributed by atoms with van der Waals surface area (Å²) in [5.41, 5.74) is 0. The van der Waals surface area contributed by atoms with E-state index in [4.69, 9.17) is 0 Å². The van der Waals surface area contributed by atoms with Crippen LogP contribution < -0.4 is 10.2 Å². The summed E-state index contributed by atoms with van der Waals surface area (Å²) in [6.45, 7) is 0. The smallest absolute Gasteiger partial charge is 0.0551 e. The highest BCUT2D eigenvalue weighted by atomic mass is 79.9. The molecule has 0 aromatic carbocycles. The number of carboxylic acid groups (broad SMARTS) is 2. The Morgan fingerprint density at radius 2 is 1.31 bits per heavy atom. The molecule has 76 valence electrons. The van der Waals surface area contributed by atoms with Gasteiger partial charge in [0.1, 0.15) is 0 Å². The summed E-state index contributed by atoms with van der Waals surface area (Å²) in [6, 6.07) is 0. The van der Waals surface area contributed by atoms with Gasteiger partial charge in [0.05, 0.1) is 21.6 Å². The monoisotopic (exact) mass is 314 g/mol. The fourth-order valence-corrected chi connectivity index (χ4v) is 1.36. The van der Waals surface area contributed by atoms with Gasteiger partial charge in [0.25, 0.3) is 0 Å². The van der Waals surface area contributed by atoms with Crippen molar-refractivity contribution < 1.29 is 19.8 Å². The SMILES string of the molecule is O=C([O-])C(Br)CCCC(Br)C(=O)[O-]. The molecule has 6 heteroatoms. The van der Waals surface area contributed by atoms with Crippen LogP contribution >= 0.6 is 31.9 Å². The molecule has 0 spiro atoms. The van der Waals surface area contributed by atoms with E-state index in [1.54, 1.807) is 0 Å². The number of hydrogen-bond acceptors (Lipinski definition) is 4. The predicted octanol–water partition coefficient (Wildman–Crippen LogP) is -0.817.